The quantitative estimate of drug-likeness (QED) is 0.256. The van der Waals surface area contributed by atoms with Crippen LogP contribution in [0.25, 0.3) is 23.1 Å². The van der Waals surface area contributed by atoms with Crippen molar-refractivity contribution in [2.45, 2.75) is 38.1 Å². The highest BCUT2D eigenvalue weighted by Crippen LogP contribution is 2.33. The SMILES string of the molecule is COC(=O)Cc1ccc2c(c1)NC(=O)CCCC[C@H](NC(=O)/C=C/c1cc(Cl)ccc1-n1cnnn1)c1ncc-2o1. The topological polar surface area (TPSA) is 154 Å². The van der Waals surface area contributed by atoms with E-state index < -0.39 is 6.04 Å². The van der Waals surface area contributed by atoms with Crippen LogP contribution in [-0.2, 0) is 25.5 Å². The fourth-order valence-electron chi connectivity index (χ4n) is 4.46. The number of esters is 1. The molecule has 12 nitrogen and oxygen atoms in total. The standard InChI is InChI=1S/C28H26ClN7O5/c1-40-27(39)13-17-6-9-20-22(12-17)33-25(37)5-3-2-4-21(28-30-15-24(20)41-28)32-26(38)11-7-18-14-19(29)8-10-23(18)36-16-31-34-35-36/h6-12,14-16,21H,2-5,13H2,1H3,(H,32,38)(H,33,37)/b11-7+/t21-/m0/s1. The van der Waals surface area contributed by atoms with Crippen LogP contribution in [0.1, 0.15) is 48.7 Å². The number of amides is 2. The molecule has 1 aliphatic rings. The maximum atomic E-state index is 13.0. The van der Waals surface area contributed by atoms with Crippen molar-refractivity contribution in [3.8, 4) is 17.0 Å². The minimum atomic E-state index is -0.524. The lowest BCUT2D eigenvalue weighted by atomic mass is 10.0. The predicted molar refractivity (Wildman–Crippen MR) is 149 cm³/mol. The molecule has 2 aromatic carbocycles. The van der Waals surface area contributed by atoms with Gasteiger partial charge in [0.1, 0.15) is 12.4 Å². The third-order valence-corrected chi connectivity index (χ3v) is 6.72. The van der Waals surface area contributed by atoms with Crippen LogP contribution in [0.15, 0.2) is 59.4 Å². The van der Waals surface area contributed by atoms with Crippen LogP contribution in [0.5, 0.6) is 0 Å². The molecule has 2 bridgehead atoms. The number of fused-ring (bicyclic) bond motifs is 4. The number of nitrogens with zero attached hydrogens (tertiary/aromatic N) is 5. The lowest BCUT2D eigenvalue weighted by Crippen LogP contribution is -2.27. The molecule has 1 aliphatic heterocycles. The number of rotatable bonds is 6. The zero-order valence-corrected chi connectivity index (χ0v) is 22.8. The highest BCUT2D eigenvalue weighted by atomic mass is 35.5. The van der Waals surface area contributed by atoms with Crippen LogP contribution in [0.2, 0.25) is 5.02 Å². The maximum absolute atomic E-state index is 13.0. The number of nitrogens with one attached hydrogen (secondary N) is 2. The van der Waals surface area contributed by atoms with Crippen LogP contribution in [0, 0.1) is 0 Å². The van der Waals surface area contributed by atoms with Gasteiger partial charge < -0.3 is 19.8 Å². The molecule has 0 aliphatic carbocycles. The highest BCUT2D eigenvalue weighted by molar-refractivity contribution is 6.30. The number of methoxy groups -OCH3 is 1. The third-order valence-electron chi connectivity index (χ3n) is 6.48. The summed E-state index contributed by atoms with van der Waals surface area (Å²) in [7, 11) is 1.32. The average Bonchev–Trinajstić information content (AvgIpc) is 3.66. The minimum Gasteiger partial charge on any atom is -0.469 e. The van der Waals surface area contributed by atoms with E-state index in [-0.39, 0.29) is 24.2 Å². The summed E-state index contributed by atoms with van der Waals surface area (Å²) in [6.07, 6.45) is 8.14. The smallest absolute Gasteiger partial charge is 0.309 e. The van der Waals surface area contributed by atoms with Crippen molar-refractivity contribution < 1.29 is 23.5 Å². The molecule has 4 aromatic rings. The number of hydrogen-bond acceptors (Lipinski definition) is 9. The molecule has 210 valence electrons. The average molecular weight is 576 g/mol. The molecule has 2 amide bonds. The Morgan fingerprint density at radius 3 is 2.93 bits per heavy atom. The van der Waals surface area contributed by atoms with Crippen LogP contribution in [0.3, 0.4) is 0 Å². The monoisotopic (exact) mass is 575 g/mol. The van der Waals surface area contributed by atoms with E-state index in [2.05, 4.69) is 31.1 Å². The van der Waals surface area contributed by atoms with Crippen molar-refractivity contribution in [3.05, 3.63) is 77.0 Å². The number of oxazole rings is 1. The van der Waals surface area contributed by atoms with E-state index in [1.165, 1.54) is 24.2 Å². The fourth-order valence-corrected chi connectivity index (χ4v) is 4.64. The maximum Gasteiger partial charge on any atom is 0.309 e. The normalized spacial score (nSPS) is 15.4. The Balaban J connectivity index is 1.38. The first-order valence-electron chi connectivity index (χ1n) is 12.9. The molecule has 0 saturated heterocycles. The number of hydrogen-bond donors (Lipinski definition) is 2. The molecule has 2 N–H and O–H groups in total. The first kappa shape index (κ1) is 27.7. The Kier molecular flexibility index (Phi) is 8.49. The number of ether oxygens (including phenoxy) is 1. The summed E-state index contributed by atoms with van der Waals surface area (Å²) < 4.78 is 12.3. The molecule has 41 heavy (non-hydrogen) atoms. The zero-order chi connectivity index (χ0) is 28.8. The van der Waals surface area contributed by atoms with Gasteiger partial charge in [0.2, 0.25) is 17.7 Å². The van der Waals surface area contributed by atoms with Crippen molar-refractivity contribution >= 4 is 41.1 Å². The van der Waals surface area contributed by atoms with Gasteiger partial charge in [-0.3, -0.25) is 14.4 Å². The van der Waals surface area contributed by atoms with E-state index in [0.717, 1.165) is 0 Å². The second kappa shape index (κ2) is 12.6. The van der Waals surface area contributed by atoms with Crippen molar-refractivity contribution in [3.63, 3.8) is 0 Å². The number of anilines is 1. The second-order valence-electron chi connectivity index (χ2n) is 9.34. The number of carbonyl (C=O) groups excluding carboxylic acids is 3. The van der Waals surface area contributed by atoms with Crippen molar-refractivity contribution in [1.29, 1.82) is 0 Å². The van der Waals surface area contributed by atoms with Gasteiger partial charge in [-0.25, -0.2) is 4.98 Å². The van der Waals surface area contributed by atoms with E-state index in [1.54, 1.807) is 48.7 Å². The molecule has 13 heteroatoms. The van der Waals surface area contributed by atoms with E-state index in [0.29, 0.717) is 70.4 Å². The van der Waals surface area contributed by atoms with Crippen LogP contribution in [0.4, 0.5) is 5.69 Å². The van der Waals surface area contributed by atoms with Gasteiger partial charge in [0, 0.05) is 28.6 Å². The molecular formula is C28H26ClN7O5. The zero-order valence-electron chi connectivity index (χ0n) is 22.0. The van der Waals surface area contributed by atoms with E-state index >= 15 is 0 Å². The number of halogens is 1. The van der Waals surface area contributed by atoms with Crippen molar-refractivity contribution in [2.75, 3.05) is 12.4 Å². The predicted octanol–water partition coefficient (Wildman–Crippen LogP) is 4.07. The largest absolute Gasteiger partial charge is 0.469 e. The Morgan fingerprint density at radius 1 is 1.24 bits per heavy atom. The van der Waals surface area contributed by atoms with Gasteiger partial charge in [0.25, 0.3) is 0 Å². The first-order valence-corrected chi connectivity index (χ1v) is 13.2. The first-order chi connectivity index (χ1) is 19.9. The Hall–Kier alpha value is -4.84. The van der Waals surface area contributed by atoms with Gasteiger partial charge in [-0.1, -0.05) is 24.1 Å². The Labute approximate surface area is 239 Å². The molecule has 0 saturated carbocycles. The van der Waals surface area contributed by atoms with Gasteiger partial charge in [-0.05, 0) is 65.2 Å². The van der Waals surface area contributed by atoms with E-state index in [9.17, 15) is 14.4 Å². The van der Waals surface area contributed by atoms with Crippen LogP contribution in [-0.4, -0.2) is 50.1 Å². The summed E-state index contributed by atoms with van der Waals surface area (Å²) in [6.45, 7) is 0. The summed E-state index contributed by atoms with van der Waals surface area (Å²) in [5.41, 5.74) is 3.09. The van der Waals surface area contributed by atoms with Crippen molar-refractivity contribution in [1.82, 2.24) is 30.5 Å². The van der Waals surface area contributed by atoms with E-state index in [4.69, 9.17) is 20.8 Å². The van der Waals surface area contributed by atoms with Gasteiger partial charge >= 0.3 is 5.97 Å². The number of carbonyl (C=O) groups is 3. The Bertz CT molecular complexity index is 1600. The molecule has 1 atom stereocenters. The number of benzene rings is 2. The molecule has 5 rings (SSSR count). The molecule has 0 spiro atoms. The van der Waals surface area contributed by atoms with Crippen LogP contribution < -0.4 is 10.6 Å². The summed E-state index contributed by atoms with van der Waals surface area (Å²) in [6, 6.07) is 9.89. The summed E-state index contributed by atoms with van der Waals surface area (Å²) in [4.78, 5) is 41.9. The van der Waals surface area contributed by atoms with Gasteiger partial charge in [-0.2, -0.15) is 4.68 Å². The van der Waals surface area contributed by atoms with Crippen molar-refractivity contribution in [2.24, 2.45) is 0 Å². The van der Waals surface area contributed by atoms with Gasteiger partial charge in [-0.15, -0.1) is 5.10 Å². The summed E-state index contributed by atoms with van der Waals surface area (Å²) in [5.74, 6) is -0.156. The fraction of sp³-hybridized carbons (Fsp3) is 0.250. The number of aromatic nitrogens is 5. The van der Waals surface area contributed by atoms with Gasteiger partial charge in [0.15, 0.2) is 5.76 Å². The van der Waals surface area contributed by atoms with E-state index in [1.807, 2.05) is 0 Å². The number of tetrazole rings is 1. The molecular weight excluding hydrogens is 550 g/mol. The molecule has 2 aromatic heterocycles. The Morgan fingerprint density at radius 2 is 2.12 bits per heavy atom. The molecule has 3 heterocycles. The molecule has 0 fully saturated rings. The molecule has 0 radical (unpaired) electrons. The summed E-state index contributed by atoms with van der Waals surface area (Å²) >= 11 is 6.18. The third kappa shape index (κ3) is 6.84. The lowest BCUT2D eigenvalue weighted by molar-refractivity contribution is -0.139. The van der Waals surface area contributed by atoms with Crippen LogP contribution >= 0.6 is 11.6 Å². The lowest BCUT2D eigenvalue weighted by Gasteiger charge is -2.16. The molecule has 0 unspecified atom stereocenters. The minimum absolute atomic E-state index is 0.0648. The second-order valence-corrected chi connectivity index (χ2v) is 9.78. The summed E-state index contributed by atoms with van der Waals surface area (Å²) in [5, 5.41) is 17.6. The highest BCUT2D eigenvalue weighted by Gasteiger charge is 2.22. The van der Waals surface area contributed by atoms with Gasteiger partial charge in [0.05, 0.1) is 31.1 Å².